The number of aryl methyl sites for hydroxylation is 1. The summed E-state index contributed by atoms with van der Waals surface area (Å²) in [4.78, 5) is 11.0. The van der Waals surface area contributed by atoms with E-state index in [9.17, 15) is 0 Å². The van der Waals surface area contributed by atoms with E-state index in [-0.39, 0.29) is 6.85 Å². The Hall–Kier alpha value is -6.79. The van der Waals surface area contributed by atoms with Crippen molar-refractivity contribution in [3.05, 3.63) is 212 Å². The minimum atomic E-state index is -2.77. The van der Waals surface area contributed by atoms with Crippen LogP contribution < -0.4 is 41.4 Å². The van der Waals surface area contributed by atoms with Crippen molar-refractivity contribution in [2.45, 2.75) is 26.5 Å². The second-order valence-electron chi connectivity index (χ2n) is 16.8. The van der Waals surface area contributed by atoms with Gasteiger partial charge < -0.3 is 9.71 Å². The van der Waals surface area contributed by atoms with Gasteiger partial charge in [0.25, 0.3) is 0 Å². The number of benzene rings is 9. The Balaban J connectivity index is 1.15. The largest absolute Gasteiger partial charge is 0.375 e. The molecule has 2 nitrogen and oxygen atoms in total. The molecule has 5 heterocycles. The van der Waals surface area contributed by atoms with Crippen LogP contribution in [0.25, 0.3) is 22.3 Å². The van der Waals surface area contributed by atoms with Crippen molar-refractivity contribution in [2.75, 3.05) is 9.71 Å². The third-order valence-electron chi connectivity index (χ3n) is 14.1. The Morgan fingerprint density at radius 1 is 0.417 bits per heavy atom. The van der Waals surface area contributed by atoms with Crippen LogP contribution in [0.4, 0.5) is 28.4 Å². The van der Waals surface area contributed by atoms with Crippen LogP contribution in [0, 0.1) is 6.92 Å². The lowest BCUT2D eigenvalue weighted by molar-refractivity contribution is 1.15. The first-order chi connectivity index (χ1) is 29.7. The molecule has 0 unspecified atom stereocenters. The molecule has 9 aromatic rings. The molecule has 0 saturated heterocycles. The zero-order valence-corrected chi connectivity index (χ0v) is 34.8. The SMILES string of the molecule is Cc1cc2c3c(c1)N1c4ccccc4[Si]4(c5ccccc5-c5ccccc54)c4cccc(c41)B3N1c3ccccc3S(c3ccccc3)(c3ccccc3)c3cccc-2c31. The molecule has 0 bridgehead atoms. The van der Waals surface area contributed by atoms with Crippen LogP contribution in [0.2, 0.25) is 0 Å². The maximum absolute atomic E-state index is 2.77. The average Bonchev–Trinajstić information content (AvgIpc) is 3.60. The normalized spacial score (nSPS) is 16.1. The van der Waals surface area contributed by atoms with E-state index in [1.807, 2.05) is 0 Å². The Kier molecular flexibility index (Phi) is 6.45. The molecule has 0 radical (unpaired) electrons. The molecule has 280 valence electrons. The molecule has 5 aliphatic heterocycles. The van der Waals surface area contributed by atoms with Gasteiger partial charge in [0.1, 0.15) is 0 Å². The van der Waals surface area contributed by atoms with Gasteiger partial charge in [0, 0.05) is 47.9 Å². The summed E-state index contributed by atoms with van der Waals surface area (Å²) in [5.41, 5.74) is 16.1. The first kappa shape index (κ1) is 33.1. The molecule has 0 fully saturated rings. The predicted octanol–water partition coefficient (Wildman–Crippen LogP) is 10.0. The van der Waals surface area contributed by atoms with Crippen molar-refractivity contribution in [1.82, 2.24) is 0 Å². The standard InChI is InChI=1S/C55H37BN2SSi/c1-36-34-42-41-24-16-29-48-54(41)58(44-26-10-12-28-47(44)59(48,37-18-4-2-5-19-37)38-20-6-3-7-21-38)56-43-25-17-33-52-55(43)57(46(35-36)53(42)56)45-27-11-15-32-51(45)60(52)49-30-13-8-22-39(49)40-23-9-14-31-50(40)60/h2-35H,1H3. The van der Waals surface area contributed by atoms with Crippen LogP contribution in [-0.4, -0.2) is 14.9 Å². The average molecular weight is 797 g/mol. The monoisotopic (exact) mass is 796 g/mol. The summed E-state index contributed by atoms with van der Waals surface area (Å²) >= 11 is 0. The lowest BCUT2D eigenvalue weighted by Gasteiger charge is -2.56. The number of hydrogen-bond acceptors (Lipinski definition) is 2. The highest BCUT2D eigenvalue weighted by Crippen LogP contribution is 2.80. The van der Waals surface area contributed by atoms with Gasteiger partial charge in [-0.15, -0.1) is 10.0 Å². The molecule has 0 amide bonds. The molecular weight excluding hydrogens is 760 g/mol. The summed E-state index contributed by atoms with van der Waals surface area (Å²) in [6.45, 7) is 2.26. The molecule has 0 atom stereocenters. The number of anilines is 5. The number of para-hydroxylation sites is 4. The van der Waals surface area contributed by atoms with Crippen molar-refractivity contribution in [3.8, 4) is 22.3 Å². The van der Waals surface area contributed by atoms with Crippen molar-refractivity contribution in [2.24, 2.45) is 0 Å². The van der Waals surface area contributed by atoms with Gasteiger partial charge in [-0.25, -0.2) is 0 Å². The van der Waals surface area contributed by atoms with Gasteiger partial charge in [0.2, 0.25) is 0 Å². The lowest BCUT2D eigenvalue weighted by atomic mass is 9.43. The highest BCUT2D eigenvalue weighted by molar-refractivity contribution is 8.34. The topological polar surface area (TPSA) is 6.48 Å². The van der Waals surface area contributed by atoms with Crippen LogP contribution in [0.3, 0.4) is 0 Å². The number of fused-ring (bicyclic) bond motifs is 15. The van der Waals surface area contributed by atoms with Crippen LogP contribution in [0.1, 0.15) is 5.56 Å². The van der Waals surface area contributed by atoms with E-state index in [2.05, 4.69) is 223 Å². The van der Waals surface area contributed by atoms with Gasteiger partial charge in [-0.05, 0) is 115 Å². The van der Waals surface area contributed by atoms with Gasteiger partial charge in [0.15, 0.2) is 8.07 Å². The number of rotatable bonds is 2. The van der Waals surface area contributed by atoms with Crippen LogP contribution in [0.5, 0.6) is 0 Å². The summed E-state index contributed by atoms with van der Waals surface area (Å²) in [6.07, 6.45) is 0. The quantitative estimate of drug-likeness (QED) is 0.161. The number of nitrogens with zero attached hydrogens (tertiary/aromatic N) is 2. The number of hydrogen-bond donors (Lipinski definition) is 0. The first-order valence-electron chi connectivity index (χ1n) is 21.0. The van der Waals surface area contributed by atoms with Crippen LogP contribution >= 0.6 is 10.0 Å². The van der Waals surface area contributed by atoms with E-state index in [0.29, 0.717) is 0 Å². The highest BCUT2D eigenvalue weighted by atomic mass is 32.3. The summed E-state index contributed by atoms with van der Waals surface area (Å²) in [6, 6.07) is 79.6. The smallest absolute Gasteiger partial charge is 0.333 e. The fraction of sp³-hybridized carbons (Fsp3) is 0.0182. The molecule has 0 aromatic heterocycles. The van der Waals surface area contributed by atoms with Crippen LogP contribution in [-0.2, 0) is 0 Å². The van der Waals surface area contributed by atoms with E-state index in [1.165, 1.54) is 108 Å². The maximum Gasteiger partial charge on any atom is 0.333 e. The van der Waals surface area contributed by atoms with E-state index < -0.39 is 18.1 Å². The van der Waals surface area contributed by atoms with Gasteiger partial charge in [-0.3, -0.25) is 0 Å². The fourth-order valence-electron chi connectivity index (χ4n) is 12.1. The molecule has 5 heteroatoms. The second kappa shape index (κ2) is 11.7. The van der Waals surface area contributed by atoms with Gasteiger partial charge in [-0.1, -0.05) is 152 Å². The van der Waals surface area contributed by atoms with Crippen molar-refractivity contribution >= 4 is 85.1 Å². The fourth-order valence-corrected chi connectivity index (χ4v) is 21.9. The Morgan fingerprint density at radius 2 is 0.967 bits per heavy atom. The zero-order chi connectivity index (χ0) is 39.3. The Morgan fingerprint density at radius 3 is 1.68 bits per heavy atom. The Labute approximate surface area is 353 Å². The predicted molar refractivity (Wildman–Crippen MR) is 255 cm³/mol. The minimum absolute atomic E-state index is 0.0382. The molecule has 9 aromatic carbocycles. The lowest BCUT2D eigenvalue weighted by Crippen LogP contribution is -2.77. The minimum Gasteiger partial charge on any atom is -0.375 e. The van der Waals surface area contributed by atoms with Gasteiger partial charge >= 0.3 is 6.85 Å². The summed E-state index contributed by atoms with van der Waals surface area (Å²) in [5, 5.41) is 5.96. The van der Waals surface area contributed by atoms with E-state index >= 15 is 0 Å². The second-order valence-corrected chi connectivity index (χ2v) is 23.5. The third kappa shape index (κ3) is 3.76. The summed E-state index contributed by atoms with van der Waals surface area (Å²) in [5.74, 6) is 0. The van der Waals surface area contributed by atoms with Crippen LogP contribution in [0.15, 0.2) is 226 Å². The van der Waals surface area contributed by atoms with Crippen molar-refractivity contribution in [3.63, 3.8) is 0 Å². The maximum atomic E-state index is 2.77. The molecule has 0 N–H and O–H groups in total. The van der Waals surface area contributed by atoms with Crippen molar-refractivity contribution in [1.29, 1.82) is 0 Å². The zero-order valence-electron chi connectivity index (χ0n) is 33.0. The molecule has 60 heavy (non-hydrogen) atoms. The molecule has 0 saturated carbocycles. The van der Waals surface area contributed by atoms with E-state index in [1.54, 1.807) is 0 Å². The molecule has 14 rings (SSSR count). The molecule has 0 aliphatic carbocycles. The summed E-state index contributed by atoms with van der Waals surface area (Å²) in [7, 11) is -4.67. The van der Waals surface area contributed by atoms with E-state index in [0.717, 1.165) is 0 Å². The third-order valence-corrected chi connectivity index (χ3v) is 23.0. The Bertz CT molecular complexity index is 3240. The van der Waals surface area contributed by atoms with E-state index in [4.69, 9.17) is 0 Å². The molecule has 1 spiro atoms. The van der Waals surface area contributed by atoms with Gasteiger partial charge in [0.05, 0.1) is 5.69 Å². The highest BCUT2D eigenvalue weighted by Gasteiger charge is 2.58. The summed E-state index contributed by atoms with van der Waals surface area (Å²) < 4.78 is 0. The molecule has 5 aliphatic rings. The van der Waals surface area contributed by atoms with Gasteiger partial charge in [-0.2, -0.15) is 0 Å². The van der Waals surface area contributed by atoms with Crippen molar-refractivity contribution < 1.29 is 0 Å². The first-order valence-corrected chi connectivity index (χ1v) is 24.7. The molecular formula is C55H37BN2SSi.